The second kappa shape index (κ2) is 8.23. The number of aromatic amines is 1. The molecular formula is C28H26N2O5S2. The molecule has 2 aliphatic carbocycles. The van der Waals surface area contributed by atoms with Crippen molar-refractivity contribution < 1.29 is 19.4 Å². The third-order valence-corrected chi connectivity index (χ3v) is 11.2. The summed E-state index contributed by atoms with van der Waals surface area (Å²) in [7, 11) is 0. The van der Waals surface area contributed by atoms with Gasteiger partial charge in [0.1, 0.15) is 0 Å². The average molecular weight is 535 g/mol. The van der Waals surface area contributed by atoms with Crippen LogP contribution >= 0.6 is 23.1 Å². The number of phenolic OH excluding ortho intramolecular Hbond substituents is 1. The molecule has 4 aliphatic rings. The zero-order valence-electron chi connectivity index (χ0n) is 20.3. The number of fused-ring (bicyclic) bond motifs is 9. The molecule has 7 rings (SSSR count). The van der Waals surface area contributed by atoms with Gasteiger partial charge < -0.3 is 14.8 Å². The number of nitrogens with one attached hydrogen (secondary N) is 1. The average Bonchev–Trinajstić information content (AvgIpc) is 3.60. The lowest BCUT2D eigenvalue weighted by atomic mass is 9.68. The Bertz CT molecular complexity index is 1490. The molecular weight excluding hydrogens is 508 g/mol. The minimum atomic E-state index is -0.344. The van der Waals surface area contributed by atoms with Gasteiger partial charge in [-0.2, -0.15) is 0 Å². The Morgan fingerprint density at radius 3 is 2.51 bits per heavy atom. The molecule has 1 aromatic heterocycles. The zero-order valence-corrected chi connectivity index (χ0v) is 22.0. The van der Waals surface area contributed by atoms with E-state index in [-0.39, 0.29) is 63.2 Å². The maximum absolute atomic E-state index is 13.8. The summed E-state index contributed by atoms with van der Waals surface area (Å²) in [5.41, 5.74) is 2.68. The Morgan fingerprint density at radius 2 is 1.78 bits per heavy atom. The fraction of sp³-hybridized carbons (Fsp3) is 0.393. The van der Waals surface area contributed by atoms with Crippen LogP contribution in [0.1, 0.15) is 35.3 Å². The largest absolute Gasteiger partial charge is 0.504 e. The second-order valence-corrected chi connectivity index (χ2v) is 12.7. The lowest BCUT2D eigenvalue weighted by Crippen LogP contribution is -2.42. The lowest BCUT2D eigenvalue weighted by molar-refractivity contribution is -0.123. The number of ether oxygens (including phenoxy) is 1. The summed E-state index contributed by atoms with van der Waals surface area (Å²) in [6.45, 7) is 4.28. The fourth-order valence-electron chi connectivity index (χ4n) is 7.33. The summed E-state index contributed by atoms with van der Waals surface area (Å²) in [6, 6.07) is 13.0. The van der Waals surface area contributed by atoms with Crippen molar-refractivity contribution in [2.24, 2.45) is 29.6 Å². The Kier molecular flexibility index (Phi) is 5.14. The highest BCUT2D eigenvalue weighted by molar-refractivity contribution is 8.00. The van der Waals surface area contributed by atoms with Crippen LogP contribution < -0.4 is 14.5 Å². The Labute approximate surface area is 221 Å². The van der Waals surface area contributed by atoms with E-state index in [1.165, 1.54) is 16.2 Å². The van der Waals surface area contributed by atoms with Gasteiger partial charge in [-0.05, 0) is 67.9 Å². The number of H-pyrrole nitrogens is 1. The van der Waals surface area contributed by atoms with Crippen LogP contribution in [0.3, 0.4) is 0 Å². The van der Waals surface area contributed by atoms with Crippen molar-refractivity contribution >= 4 is 40.6 Å². The van der Waals surface area contributed by atoms with E-state index in [1.54, 1.807) is 17.8 Å². The number of nitrogens with zero attached hydrogens (tertiary/aromatic N) is 1. The fourth-order valence-corrected chi connectivity index (χ4v) is 10.2. The highest BCUT2D eigenvalue weighted by atomic mass is 32.2. The van der Waals surface area contributed by atoms with E-state index in [0.717, 1.165) is 27.5 Å². The van der Waals surface area contributed by atoms with Gasteiger partial charge in [0.05, 0.1) is 29.2 Å². The maximum atomic E-state index is 13.8. The van der Waals surface area contributed by atoms with Crippen LogP contribution in [0.4, 0.5) is 5.69 Å². The van der Waals surface area contributed by atoms with Gasteiger partial charge in [-0.1, -0.05) is 35.1 Å². The molecule has 7 nitrogen and oxygen atoms in total. The van der Waals surface area contributed by atoms with E-state index in [0.29, 0.717) is 18.0 Å². The molecule has 2 aromatic carbocycles. The molecule has 7 atom stereocenters. The molecule has 2 aliphatic heterocycles. The number of carbonyl (C=O) groups is 2. The van der Waals surface area contributed by atoms with Crippen molar-refractivity contribution in [1.29, 1.82) is 0 Å². The number of amides is 2. The number of imide groups is 1. The molecule has 2 amide bonds. The number of thioether (sulfide) groups is 1. The molecule has 2 saturated carbocycles. The molecule has 0 unspecified atom stereocenters. The maximum Gasteiger partial charge on any atom is 0.305 e. The van der Waals surface area contributed by atoms with Gasteiger partial charge in [0.15, 0.2) is 11.5 Å². The summed E-state index contributed by atoms with van der Waals surface area (Å²) in [6.07, 6.45) is 0.836. The van der Waals surface area contributed by atoms with E-state index in [1.807, 2.05) is 50.2 Å². The zero-order chi connectivity index (χ0) is 25.6. The Balaban J connectivity index is 1.32. The first kappa shape index (κ1) is 23.1. The van der Waals surface area contributed by atoms with Gasteiger partial charge in [-0.25, -0.2) is 0 Å². The number of phenols is 1. The number of rotatable bonds is 4. The number of benzene rings is 2. The van der Waals surface area contributed by atoms with Crippen LogP contribution in [0.5, 0.6) is 11.5 Å². The molecule has 3 fully saturated rings. The third-order valence-electron chi connectivity index (χ3n) is 8.66. The van der Waals surface area contributed by atoms with Crippen molar-refractivity contribution in [3.63, 3.8) is 0 Å². The molecule has 3 aromatic rings. The summed E-state index contributed by atoms with van der Waals surface area (Å²) in [5, 5.41) is 11.3. The summed E-state index contributed by atoms with van der Waals surface area (Å²) >= 11 is 2.89. The smallest absolute Gasteiger partial charge is 0.305 e. The van der Waals surface area contributed by atoms with Gasteiger partial charge in [0.25, 0.3) is 0 Å². The molecule has 3 heterocycles. The van der Waals surface area contributed by atoms with E-state index in [2.05, 4.69) is 4.98 Å². The SMILES string of the molecule is CCOc1cc([C@@H]2c3sc(=O)[nH]c3S[C@@H]3[C@H]4C[C@@H]([C@@H]5C(=O)N(c6ccc(C)cc6)C(=O)[C@H]45)[C@@H]23)ccc1O. The summed E-state index contributed by atoms with van der Waals surface area (Å²) in [5.74, 6) is -0.259. The second-order valence-electron chi connectivity index (χ2n) is 10.5. The highest BCUT2D eigenvalue weighted by Gasteiger charge is 2.69. The number of hydrogen-bond donors (Lipinski definition) is 2. The van der Waals surface area contributed by atoms with Gasteiger partial charge in [-0.3, -0.25) is 19.3 Å². The number of aryl methyl sites for hydroxylation is 1. The van der Waals surface area contributed by atoms with Crippen molar-refractivity contribution in [2.45, 2.75) is 36.5 Å². The topological polar surface area (TPSA) is 99.7 Å². The summed E-state index contributed by atoms with van der Waals surface area (Å²) < 4.78 is 5.68. The predicted molar refractivity (Wildman–Crippen MR) is 141 cm³/mol. The van der Waals surface area contributed by atoms with E-state index < -0.39 is 0 Å². The first-order valence-electron chi connectivity index (χ1n) is 12.7. The van der Waals surface area contributed by atoms with Crippen molar-refractivity contribution in [3.05, 3.63) is 68.1 Å². The molecule has 2 N–H and O–H groups in total. The first-order valence-corrected chi connectivity index (χ1v) is 14.4. The van der Waals surface area contributed by atoms with Crippen LogP contribution in [-0.4, -0.2) is 33.8 Å². The molecule has 0 radical (unpaired) electrons. The molecule has 9 heteroatoms. The molecule has 190 valence electrons. The van der Waals surface area contributed by atoms with Gasteiger partial charge in [0.2, 0.25) is 11.8 Å². The van der Waals surface area contributed by atoms with Gasteiger partial charge >= 0.3 is 4.87 Å². The van der Waals surface area contributed by atoms with Crippen LogP contribution in [0.25, 0.3) is 0 Å². The van der Waals surface area contributed by atoms with E-state index in [4.69, 9.17) is 4.74 Å². The van der Waals surface area contributed by atoms with Crippen LogP contribution in [0, 0.1) is 36.5 Å². The standard InChI is InChI=1S/C28H26N2O5S2/c1-3-35-18-10-13(6-9-17(18)31)19-20-15-11-16(23(20)36-25-24(19)37-28(34)29-25)22-21(15)26(32)30(27(22)33)14-7-4-12(2)5-8-14/h4-10,15-16,19-23,31H,3,11H2,1-2H3,(H,29,34)/t15-,16+,19+,20+,21+,22-,23-/m1/s1. The Hall–Kier alpha value is -3.04. The predicted octanol–water partition coefficient (Wildman–Crippen LogP) is 4.53. The number of hydrogen-bond acceptors (Lipinski definition) is 7. The third kappa shape index (κ3) is 3.23. The summed E-state index contributed by atoms with van der Waals surface area (Å²) in [4.78, 5) is 45.3. The van der Waals surface area contributed by atoms with Crippen LogP contribution in [0.2, 0.25) is 0 Å². The first-order chi connectivity index (χ1) is 17.9. The quantitative estimate of drug-likeness (QED) is 0.478. The number of aromatic hydroxyl groups is 1. The minimum Gasteiger partial charge on any atom is -0.504 e. The molecule has 37 heavy (non-hydrogen) atoms. The minimum absolute atomic E-state index is 0.0408. The van der Waals surface area contributed by atoms with Gasteiger partial charge in [-0.15, -0.1) is 11.8 Å². The monoisotopic (exact) mass is 534 g/mol. The Morgan fingerprint density at radius 1 is 1.05 bits per heavy atom. The van der Waals surface area contributed by atoms with Crippen molar-refractivity contribution in [2.75, 3.05) is 11.5 Å². The van der Waals surface area contributed by atoms with E-state index in [9.17, 15) is 19.5 Å². The van der Waals surface area contributed by atoms with E-state index >= 15 is 0 Å². The van der Waals surface area contributed by atoms with Crippen LogP contribution in [0.15, 0.2) is 52.3 Å². The molecule has 2 bridgehead atoms. The number of thiazole rings is 1. The number of anilines is 1. The van der Waals surface area contributed by atoms with Gasteiger partial charge in [0, 0.05) is 16.0 Å². The van der Waals surface area contributed by atoms with Crippen LogP contribution in [-0.2, 0) is 9.59 Å². The number of carbonyl (C=O) groups excluding carboxylic acids is 2. The van der Waals surface area contributed by atoms with Crippen molar-refractivity contribution in [3.8, 4) is 11.5 Å². The lowest BCUT2D eigenvalue weighted by Gasteiger charge is -2.43. The molecule has 0 spiro atoms. The molecule has 1 saturated heterocycles. The highest BCUT2D eigenvalue weighted by Crippen LogP contribution is 2.68. The normalized spacial score (nSPS) is 31.4. The number of aromatic nitrogens is 1. The van der Waals surface area contributed by atoms with Crippen molar-refractivity contribution in [1.82, 2.24) is 4.98 Å².